The van der Waals surface area contributed by atoms with Crippen LogP contribution in [0.25, 0.3) is 10.2 Å². The van der Waals surface area contributed by atoms with E-state index in [0.29, 0.717) is 5.13 Å². The maximum absolute atomic E-state index is 12.3. The first-order valence-corrected chi connectivity index (χ1v) is 8.86. The van der Waals surface area contributed by atoms with E-state index in [1.165, 1.54) is 11.3 Å². The van der Waals surface area contributed by atoms with E-state index in [-0.39, 0.29) is 16.9 Å². The molecule has 3 aromatic rings. The maximum atomic E-state index is 12.3. The van der Waals surface area contributed by atoms with Gasteiger partial charge in [-0.15, -0.1) is 0 Å². The predicted octanol–water partition coefficient (Wildman–Crippen LogP) is 2.21. The molecule has 10 heteroatoms. The molecule has 3 rings (SSSR count). The molecule has 1 atom stereocenters. The molecule has 8 nitrogen and oxygen atoms in total. The minimum absolute atomic E-state index is 0.168. The molecule has 2 heterocycles. The molecule has 0 aliphatic carbocycles. The van der Waals surface area contributed by atoms with E-state index >= 15 is 0 Å². The molecule has 1 aromatic carbocycles. The highest BCUT2D eigenvalue weighted by molar-refractivity contribution is 8.00. The van der Waals surface area contributed by atoms with Gasteiger partial charge in [-0.3, -0.25) is 9.59 Å². The van der Waals surface area contributed by atoms with E-state index in [4.69, 9.17) is 4.74 Å². The lowest BCUT2D eigenvalue weighted by Crippen LogP contribution is -2.23. The first-order valence-electron chi connectivity index (χ1n) is 7.17. The van der Waals surface area contributed by atoms with Crippen molar-refractivity contribution in [2.24, 2.45) is 0 Å². The van der Waals surface area contributed by atoms with Crippen LogP contribution >= 0.6 is 23.1 Å². The van der Waals surface area contributed by atoms with Gasteiger partial charge in [-0.1, -0.05) is 23.1 Å². The number of aromatic hydroxyl groups is 1. The highest BCUT2D eigenvalue weighted by Gasteiger charge is 2.18. The summed E-state index contributed by atoms with van der Waals surface area (Å²) in [5.41, 5.74) is 0.281. The fraction of sp³-hybridized carbons (Fsp3) is 0.200. The number of rotatable bonds is 5. The lowest BCUT2D eigenvalue weighted by molar-refractivity contribution is -0.115. The third-order valence-corrected chi connectivity index (χ3v) is 5.11. The average Bonchev–Trinajstić information content (AvgIpc) is 2.94. The monoisotopic (exact) mass is 378 g/mol. The zero-order valence-corrected chi connectivity index (χ0v) is 14.9. The normalized spacial score (nSPS) is 12.1. The average molecular weight is 378 g/mol. The number of thiazole rings is 1. The van der Waals surface area contributed by atoms with Gasteiger partial charge in [0.05, 0.1) is 28.6 Å². The summed E-state index contributed by atoms with van der Waals surface area (Å²) in [4.78, 5) is 34.2. The van der Waals surface area contributed by atoms with Gasteiger partial charge in [0.2, 0.25) is 11.8 Å². The van der Waals surface area contributed by atoms with Gasteiger partial charge >= 0.3 is 0 Å². The quantitative estimate of drug-likeness (QED) is 0.460. The highest BCUT2D eigenvalue weighted by atomic mass is 32.2. The van der Waals surface area contributed by atoms with Crippen LogP contribution in [-0.2, 0) is 4.79 Å². The fourth-order valence-corrected chi connectivity index (χ4v) is 3.70. The number of aromatic amines is 1. The molecule has 0 fully saturated rings. The molecular formula is C15H14N4O4S2. The number of nitrogens with one attached hydrogen (secondary N) is 2. The van der Waals surface area contributed by atoms with Crippen molar-refractivity contribution in [2.75, 3.05) is 12.4 Å². The fourth-order valence-electron chi connectivity index (χ4n) is 1.99. The Morgan fingerprint density at radius 2 is 2.20 bits per heavy atom. The number of H-pyrrole nitrogens is 1. The topological polar surface area (TPSA) is 117 Å². The van der Waals surface area contributed by atoms with E-state index in [1.807, 2.05) is 12.1 Å². The molecular weight excluding hydrogens is 364 g/mol. The largest absolute Gasteiger partial charge is 0.497 e. The number of fused-ring (bicyclic) bond motifs is 1. The van der Waals surface area contributed by atoms with Crippen molar-refractivity contribution in [2.45, 2.75) is 17.3 Å². The van der Waals surface area contributed by atoms with Crippen molar-refractivity contribution in [1.29, 1.82) is 0 Å². The molecule has 0 bridgehead atoms. The summed E-state index contributed by atoms with van der Waals surface area (Å²) < 4.78 is 6.07. The van der Waals surface area contributed by atoms with Crippen molar-refractivity contribution >= 4 is 44.4 Å². The highest BCUT2D eigenvalue weighted by Crippen LogP contribution is 2.30. The smallest absolute Gasteiger partial charge is 0.255 e. The molecule has 0 radical (unpaired) electrons. The minimum atomic E-state index is -0.550. The minimum Gasteiger partial charge on any atom is -0.497 e. The van der Waals surface area contributed by atoms with Crippen molar-refractivity contribution in [3.8, 4) is 11.6 Å². The summed E-state index contributed by atoms with van der Waals surface area (Å²) >= 11 is 2.37. The first-order chi connectivity index (χ1) is 11.9. The third kappa shape index (κ3) is 4.09. The van der Waals surface area contributed by atoms with Crippen LogP contribution in [0.15, 0.2) is 34.2 Å². The summed E-state index contributed by atoms with van der Waals surface area (Å²) in [6.45, 7) is 1.67. The molecule has 1 amide bonds. The standard InChI is InChI=1S/C15H14N4O4S2/c1-7(24-15-17-11(20)6-12(21)18-15)13(22)19-14-16-9-4-3-8(23-2)5-10(9)25-14/h3-7H,1-2H3,(H,16,19,22)(H2,17,18,20,21). The maximum Gasteiger partial charge on any atom is 0.255 e. The number of carbonyl (C=O) groups excluding carboxylic acids is 1. The number of amides is 1. The SMILES string of the molecule is COc1ccc2nc(NC(=O)C(C)Sc3nc(O)cc(=O)[nH]3)sc2c1. The molecule has 0 aliphatic rings. The molecule has 3 N–H and O–H groups in total. The second kappa shape index (κ2) is 7.11. The lowest BCUT2D eigenvalue weighted by atomic mass is 10.3. The number of nitrogens with zero attached hydrogens (tertiary/aromatic N) is 2. The molecule has 0 saturated heterocycles. The molecule has 1 unspecified atom stereocenters. The molecule has 2 aromatic heterocycles. The number of aromatic nitrogens is 3. The zero-order valence-electron chi connectivity index (χ0n) is 13.3. The van der Waals surface area contributed by atoms with Crippen LogP contribution in [0.1, 0.15) is 6.92 Å². The van der Waals surface area contributed by atoms with E-state index in [2.05, 4.69) is 20.3 Å². The Hall–Kier alpha value is -2.59. The summed E-state index contributed by atoms with van der Waals surface area (Å²) in [5, 5.41) is 12.2. The van der Waals surface area contributed by atoms with Crippen LogP contribution in [0.5, 0.6) is 11.6 Å². The molecule has 130 valence electrons. The van der Waals surface area contributed by atoms with E-state index in [9.17, 15) is 14.7 Å². The summed E-state index contributed by atoms with van der Waals surface area (Å²) in [6, 6.07) is 6.43. The van der Waals surface area contributed by atoms with Crippen LogP contribution in [0, 0.1) is 0 Å². The first kappa shape index (κ1) is 17.2. The van der Waals surface area contributed by atoms with Crippen molar-refractivity contribution < 1.29 is 14.6 Å². The second-order valence-electron chi connectivity index (χ2n) is 5.01. The van der Waals surface area contributed by atoms with Gasteiger partial charge < -0.3 is 20.1 Å². The van der Waals surface area contributed by atoms with Crippen LogP contribution in [0.4, 0.5) is 5.13 Å². The van der Waals surface area contributed by atoms with Crippen LogP contribution < -0.4 is 15.6 Å². The molecule has 0 saturated carbocycles. The number of ether oxygens (including phenoxy) is 1. The van der Waals surface area contributed by atoms with Crippen LogP contribution in [0.2, 0.25) is 0 Å². The van der Waals surface area contributed by atoms with Crippen molar-refractivity contribution in [3.63, 3.8) is 0 Å². The van der Waals surface area contributed by atoms with Gasteiger partial charge in [-0.05, 0) is 25.1 Å². The lowest BCUT2D eigenvalue weighted by Gasteiger charge is -2.09. The van der Waals surface area contributed by atoms with Crippen molar-refractivity contribution in [3.05, 3.63) is 34.6 Å². The molecule has 0 spiro atoms. The number of carbonyl (C=O) groups is 1. The number of methoxy groups -OCH3 is 1. The summed E-state index contributed by atoms with van der Waals surface area (Å²) in [6.07, 6.45) is 0. The van der Waals surface area contributed by atoms with Gasteiger partial charge in [0.1, 0.15) is 5.75 Å². The van der Waals surface area contributed by atoms with Gasteiger partial charge in [-0.25, -0.2) is 4.98 Å². The number of hydrogen-bond donors (Lipinski definition) is 3. The number of thioether (sulfide) groups is 1. The Morgan fingerprint density at radius 3 is 2.92 bits per heavy atom. The van der Waals surface area contributed by atoms with Crippen LogP contribution in [-0.4, -0.2) is 38.3 Å². The Bertz CT molecular complexity index is 985. The van der Waals surface area contributed by atoms with E-state index in [0.717, 1.165) is 33.8 Å². The summed E-state index contributed by atoms with van der Waals surface area (Å²) in [5.74, 6) is 0.0397. The zero-order chi connectivity index (χ0) is 18.0. The number of hydrogen-bond acceptors (Lipinski definition) is 8. The van der Waals surface area contributed by atoms with E-state index < -0.39 is 10.8 Å². The molecule has 0 aliphatic heterocycles. The van der Waals surface area contributed by atoms with Crippen LogP contribution in [0.3, 0.4) is 0 Å². The Balaban J connectivity index is 1.71. The Kier molecular flexibility index (Phi) is 4.91. The number of benzene rings is 1. The van der Waals surface area contributed by atoms with Crippen molar-refractivity contribution in [1.82, 2.24) is 15.0 Å². The van der Waals surface area contributed by atoms with Gasteiger partial charge in [-0.2, -0.15) is 4.98 Å². The molecule has 25 heavy (non-hydrogen) atoms. The van der Waals surface area contributed by atoms with Gasteiger partial charge in [0.25, 0.3) is 5.56 Å². The third-order valence-electron chi connectivity index (χ3n) is 3.19. The number of anilines is 1. The second-order valence-corrected chi connectivity index (χ2v) is 7.37. The van der Waals surface area contributed by atoms with Gasteiger partial charge in [0, 0.05) is 0 Å². The van der Waals surface area contributed by atoms with Gasteiger partial charge in [0.15, 0.2) is 10.3 Å². The predicted molar refractivity (Wildman–Crippen MR) is 96.6 cm³/mol. The Labute approximate surface area is 150 Å². The Morgan fingerprint density at radius 1 is 1.40 bits per heavy atom. The van der Waals surface area contributed by atoms with E-state index in [1.54, 1.807) is 20.1 Å². The summed E-state index contributed by atoms with van der Waals surface area (Å²) in [7, 11) is 1.59.